The number of carbonyl (C=O) groups excluding carboxylic acids is 1. The fraction of sp³-hybridized carbons (Fsp3) is 0.125. The molecule has 0 bridgehead atoms. The molecule has 106 valence electrons. The van der Waals surface area contributed by atoms with Gasteiger partial charge in [-0.3, -0.25) is 4.79 Å². The molecule has 0 saturated heterocycles. The zero-order valence-corrected chi connectivity index (χ0v) is 13.1. The summed E-state index contributed by atoms with van der Waals surface area (Å²) in [5.74, 6) is -0.681. The van der Waals surface area contributed by atoms with Gasteiger partial charge < -0.3 is 0 Å². The molecule has 0 aliphatic rings. The Labute approximate surface area is 137 Å². The van der Waals surface area contributed by atoms with Crippen LogP contribution in [-0.2, 0) is 0 Å². The molecule has 0 saturated carbocycles. The minimum Gasteiger partial charge on any atom is -0.294 e. The van der Waals surface area contributed by atoms with E-state index in [1.807, 2.05) is 0 Å². The maximum absolute atomic E-state index is 12.2. The highest BCUT2D eigenvalue weighted by Crippen LogP contribution is 2.26. The van der Waals surface area contributed by atoms with Gasteiger partial charge in [0.1, 0.15) is 0 Å². The van der Waals surface area contributed by atoms with Crippen LogP contribution in [0.1, 0.15) is 28.3 Å². The maximum Gasteiger partial charge on any atom is 0.164 e. The van der Waals surface area contributed by atoms with Gasteiger partial charge >= 0.3 is 0 Å². The minimum atomic E-state index is -0.524. The Hall–Kier alpha value is -1.53. The highest BCUT2D eigenvalue weighted by Gasteiger charge is 2.17. The molecule has 2 rings (SSSR count). The summed E-state index contributed by atoms with van der Waals surface area (Å²) in [7, 11) is 0. The summed E-state index contributed by atoms with van der Waals surface area (Å²) in [5.41, 5.74) is 1.20. The number of benzene rings is 2. The first-order valence-electron chi connectivity index (χ1n) is 6.14. The van der Waals surface area contributed by atoms with Gasteiger partial charge in [-0.05, 0) is 35.9 Å². The molecule has 2 nitrogen and oxygen atoms in total. The van der Waals surface area contributed by atoms with Gasteiger partial charge in [-0.15, -0.1) is 0 Å². The predicted molar refractivity (Wildman–Crippen MR) is 85.2 cm³/mol. The van der Waals surface area contributed by atoms with Crippen molar-refractivity contribution in [3.63, 3.8) is 0 Å². The summed E-state index contributed by atoms with van der Waals surface area (Å²) >= 11 is 17.5. The molecule has 0 aliphatic carbocycles. The summed E-state index contributed by atoms with van der Waals surface area (Å²) in [6, 6.07) is 13.7. The highest BCUT2D eigenvalue weighted by molar-refractivity contribution is 6.42. The van der Waals surface area contributed by atoms with Crippen molar-refractivity contribution in [2.75, 3.05) is 0 Å². The topological polar surface area (TPSA) is 40.9 Å². The van der Waals surface area contributed by atoms with Gasteiger partial charge in [0.05, 0.1) is 22.0 Å². The normalized spacial score (nSPS) is 11.7. The smallest absolute Gasteiger partial charge is 0.164 e. The van der Waals surface area contributed by atoms with E-state index in [-0.39, 0.29) is 12.2 Å². The monoisotopic (exact) mass is 337 g/mol. The molecule has 0 radical (unpaired) electrons. The molecule has 0 unspecified atom stereocenters. The average molecular weight is 339 g/mol. The van der Waals surface area contributed by atoms with Crippen LogP contribution in [0.5, 0.6) is 0 Å². The Morgan fingerprint density at radius 1 is 1.05 bits per heavy atom. The molecule has 0 N–H and O–H groups in total. The predicted octanol–water partition coefficient (Wildman–Crippen LogP) is 5.53. The number of ketones is 1. The van der Waals surface area contributed by atoms with Crippen LogP contribution in [0.4, 0.5) is 0 Å². The van der Waals surface area contributed by atoms with Gasteiger partial charge in [0.2, 0.25) is 0 Å². The standard InChI is InChI=1S/C16H10Cl3NO/c17-13-4-1-10(2-5-13)12(9-20)8-16(21)11-3-6-14(18)15(19)7-11/h1-7,12H,8H2/t12-/m0/s1. The first-order valence-corrected chi connectivity index (χ1v) is 7.28. The van der Waals surface area contributed by atoms with Gasteiger partial charge in [0, 0.05) is 17.0 Å². The fourth-order valence-electron chi connectivity index (χ4n) is 1.91. The van der Waals surface area contributed by atoms with E-state index in [4.69, 9.17) is 34.8 Å². The van der Waals surface area contributed by atoms with Crippen LogP contribution < -0.4 is 0 Å². The van der Waals surface area contributed by atoms with Crippen molar-refractivity contribution in [2.24, 2.45) is 0 Å². The Bertz CT molecular complexity index is 704. The third kappa shape index (κ3) is 3.98. The van der Waals surface area contributed by atoms with Crippen molar-refractivity contribution in [3.8, 4) is 6.07 Å². The number of carbonyl (C=O) groups is 1. The Morgan fingerprint density at radius 3 is 2.29 bits per heavy atom. The lowest BCUT2D eigenvalue weighted by Crippen LogP contribution is -2.06. The second-order valence-electron chi connectivity index (χ2n) is 4.49. The molecule has 0 aliphatic heterocycles. The Morgan fingerprint density at radius 2 is 1.71 bits per heavy atom. The number of nitrogens with zero attached hydrogens (tertiary/aromatic N) is 1. The van der Waals surface area contributed by atoms with Crippen LogP contribution >= 0.6 is 34.8 Å². The molecule has 5 heteroatoms. The molecule has 0 spiro atoms. The number of nitriles is 1. The van der Waals surface area contributed by atoms with Crippen LogP contribution in [0.3, 0.4) is 0 Å². The largest absolute Gasteiger partial charge is 0.294 e. The van der Waals surface area contributed by atoms with E-state index in [1.54, 1.807) is 36.4 Å². The summed E-state index contributed by atoms with van der Waals surface area (Å²) in [5, 5.41) is 10.6. The third-order valence-electron chi connectivity index (χ3n) is 3.06. The molecule has 1 atom stereocenters. The summed E-state index contributed by atoms with van der Waals surface area (Å²) in [6.45, 7) is 0. The minimum absolute atomic E-state index is 0.0795. The number of hydrogen-bond donors (Lipinski definition) is 0. The highest BCUT2D eigenvalue weighted by atomic mass is 35.5. The Balaban J connectivity index is 2.18. The molecular weight excluding hydrogens is 329 g/mol. The van der Waals surface area contributed by atoms with E-state index in [1.165, 1.54) is 6.07 Å². The molecule has 2 aromatic carbocycles. The molecule has 0 fully saturated rings. The average Bonchev–Trinajstić information content (AvgIpc) is 2.48. The molecule has 2 aromatic rings. The molecular formula is C16H10Cl3NO. The Kier molecular flexibility index (Phi) is 5.25. The van der Waals surface area contributed by atoms with E-state index >= 15 is 0 Å². The molecule has 0 heterocycles. The van der Waals surface area contributed by atoms with E-state index in [0.717, 1.165) is 5.56 Å². The van der Waals surface area contributed by atoms with Gasteiger partial charge in [-0.2, -0.15) is 5.26 Å². The number of Topliss-reactive ketones (excluding diaryl/α,β-unsaturated/α-hetero) is 1. The zero-order chi connectivity index (χ0) is 15.4. The third-order valence-corrected chi connectivity index (χ3v) is 4.05. The van der Waals surface area contributed by atoms with Crippen molar-refractivity contribution in [2.45, 2.75) is 12.3 Å². The van der Waals surface area contributed by atoms with Gasteiger partial charge in [-0.1, -0.05) is 46.9 Å². The van der Waals surface area contributed by atoms with Crippen LogP contribution in [0.2, 0.25) is 15.1 Å². The SMILES string of the molecule is N#C[C@H](CC(=O)c1ccc(Cl)c(Cl)c1)c1ccc(Cl)cc1. The lowest BCUT2D eigenvalue weighted by molar-refractivity contribution is 0.0979. The van der Waals surface area contributed by atoms with E-state index < -0.39 is 5.92 Å². The van der Waals surface area contributed by atoms with Crippen molar-refractivity contribution < 1.29 is 4.79 Å². The van der Waals surface area contributed by atoms with Crippen LogP contribution in [0.25, 0.3) is 0 Å². The van der Waals surface area contributed by atoms with Crippen molar-refractivity contribution in [1.29, 1.82) is 5.26 Å². The quantitative estimate of drug-likeness (QED) is 0.688. The van der Waals surface area contributed by atoms with E-state index in [2.05, 4.69) is 6.07 Å². The molecule has 0 amide bonds. The summed E-state index contributed by atoms with van der Waals surface area (Å²) < 4.78 is 0. The van der Waals surface area contributed by atoms with Crippen molar-refractivity contribution in [1.82, 2.24) is 0 Å². The number of hydrogen-bond acceptors (Lipinski definition) is 2. The van der Waals surface area contributed by atoms with Crippen molar-refractivity contribution in [3.05, 3.63) is 68.7 Å². The van der Waals surface area contributed by atoms with Crippen molar-refractivity contribution >= 4 is 40.6 Å². The molecule has 21 heavy (non-hydrogen) atoms. The van der Waals surface area contributed by atoms with Crippen LogP contribution in [0, 0.1) is 11.3 Å². The second-order valence-corrected chi connectivity index (χ2v) is 5.74. The van der Waals surface area contributed by atoms with E-state index in [9.17, 15) is 10.1 Å². The second kappa shape index (κ2) is 6.95. The van der Waals surface area contributed by atoms with Gasteiger partial charge in [0.15, 0.2) is 5.78 Å². The van der Waals surface area contributed by atoms with Gasteiger partial charge in [-0.25, -0.2) is 0 Å². The lowest BCUT2D eigenvalue weighted by Gasteiger charge is -2.09. The first-order chi connectivity index (χ1) is 10.0. The van der Waals surface area contributed by atoms with Crippen LogP contribution in [-0.4, -0.2) is 5.78 Å². The number of rotatable bonds is 4. The zero-order valence-electron chi connectivity index (χ0n) is 10.8. The maximum atomic E-state index is 12.2. The summed E-state index contributed by atoms with van der Waals surface area (Å²) in [4.78, 5) is 12.2. The number of halogens is 3. The van der Waals surface area contributed by atoms with E-state index in [0.29, 0.717) is 20.6 Å². The molecule has 0 aromatic heterocycles. The summed E-state index contributed by atoms with van der Waals surface area (Å²) in [6.07, 6.45) is 0.0795. The first kappa shape index (κ1) is 15.9. The lowest BCUT2D eigenvalue weighted by atomic mass is 9.93. The van der Waals surface area contributed by atoms with Gasteiger partial charge in [0.25, 0.3) is 0 Å². The fourth-order valence-corrected chi connectivity index (χ4v) is 2.33. The van der Waals surface area contributed by atoms with Crippen LogP contribution in [0.15, 0.2) is 42.5 Å².